The molecule has 0 saturated heterocycles. The number of rotatable bonds is 9. The summed E-state index contributed by atoms with van der Waals surface area (Å²) in [6.45, 7) is -0.398. The highest BCUT2D eigenvalue weighted by molar-refractivity contribution is 5.65. The summed E-state index contributed by atoms with van der Waals surface area (Å²) in [6.07, 6.45) is -12.1. The Labute approximate surface area is 161 Å². The predicted molar refractivity (Wildman–Crippen MR) is 88.4 cm³/mol. The molecule has 2 amide bonds. The molecule has 1 unspecified atom stereocenters. The molecule has 0 radical (unpaired) electrons. The van der Waals surface area contributed by atoms with Crippen LogP contribution in [-0.2, 0) is 18.9 Å². The monoisotopic (exact) mass is 431 g/mol. The maximum atomic E-state index is 12.8. The first-order valence-corrected chi connectivity index (χ1v) is 8.24. The van der Waals surface area contributed by atoms with Crippen LogP contribution in [0, 0.1) is 0 Å². The van der Waals surface area contributed by atoms with Gasteiger partial charge in [0.25, 0.3) is 0 Å². The van der Waals surface area contributed by atoms with Crippen molar-refractivity contribution in [1.82, 2.24) is 16.0 Å². The fourth-order valence-corrected chi connectivity index (χ4v) is 2.46. The first-order valence-electron chi connectivity index (χ1n) is 8.24. The van der Waals surface area contributed by atoms with Gasteiger partial charge in [0.1, 0.15) is 0 Å². The van der Waals surface area contributed by atoms with Crippen molar-refractivity contribution in [3.8, 4) is 0 Å². The van der Waals surface area contributed by atoms with Gasteiger partial charge >= 0.3 is 24.5 Å². The summed E-state index contributed by atoms with van der Waals surface area (Å²) in [7, 11) is 0. The number of amides is 2. The van der Waals surface area contributed by atoms with Gasteiger partial charge in [-0.1, -0.05) is 0 Å². The number of nitrogens with one attached hydrogen (secondary N) is 3. The summed E-state index contributed by atoms with van der Waals surface area (Å²) in [5.74, 6) is 0. The summed E-state index contributed by atoms with van der Waals surface area (Å²) in [6, 6.07) is 0.460. The lowest BCUT2D eigenvalue weighted by molar-refractivity contribution is -0.143. The van der Waals surface area contributed by atoms with Crippen molar-refractivity contribution in [1.29, 1.82) is 0 Å². The molecule has 29 heavy (non-hydrogen) atoms. The average molecular weight is 431 g/mol. The van der Waals surface area contributed by atoms with Crippen LogP contribution in [0.4, 0.5) is 35.9 Å². The van der Waals surface area contributed by atoms with Crippen molar-refractivity contribution in [2.45, 2.75) is 37.8 Å². The van der Waals surface area contributed by atoms with Gasteiger partial charge < -0.3 is 26.2 Å². The molecule has 5 N–H and O–H groups in total. The summed E-state index contributed by atoms with van der Waals surface area (Å²) >= 11 is 0. The Bertz CT molecular complexity index is 677. The van der Waals surface area contributed by atoms with E-state index in [4.69, 9.17) is 10.2 Å². The van der Waals surface area contributed by atoms with Crippen molar-refractivity contribution < 1.29 is 46.1 Å². The molecule has 1 rings (SSSR count). The maximum absolute atomic E-state index is 12.8. The highest BCUT2D eigenvalue weighted by Gasteiger charge is 2.36. The third-order valence-corrected chi connectivity index (χ3v) is 3.70. The molecular formula is C16H19F6N3O4. The molecule has 1 aromatic carbocycles. The van der Waals surface area contributed by atoms with E-state index in [0.29, 0.717) is 12.1 Å². The zero-order valence-electron chi connectivity index (χ0n) is 14.8. The lowest BCUT2D eigenvalue weighted by Crippen LogP contribution is -2.41. The molecular weight excluding hydrogens is 412 g/mol. The smallest absolute Gasteiger partial charge is 0.416 e. The van der Waals surface area contributed by atoms with Gasteiger partial charge in [0, 0.05) is 25.7 Å². The molecule has 0 aliphatic carbocycles. The van der Waals surface area contributed by atoms with Crippen molar-refractivity contribution in [3.05, 3.63) is 34.9 Å². The SMILES string of the molecule is O=C(O)NCCCC(CNCc1cc(C(F)(F)F)cc(C(F)(F)F)c1)NC(=O)O. The van der Waals surface area contributed by atoms with Gasteiger partial charge in [-0.25, -0.2) is 9.59 Å². The van der Waals surface area contributed by atoms with Crippen LogP contribution in [0.15, 0.2) is 18.2 Å². The summed E-state index contributed by atoms with van der Waals surface area (Å²) in [5.41, 5.74) is -3.15. The fraction of sp³-hybridized carbons (Fsp3) is 0.500. The van der Waals surface area contributed by atoms with E-state index >= 15 is 0 Å². The van der Waals surface area contributed by atoms with Crippen LogP contribution in [-0.4, -0.2) is 41.5 Å². The number of hydrogen-bond acceptors (Lipinski definition) is 3. The number of benzene rings is 1. The molecule has 0 aliphatic rings. The topological polar surface area (TPSA) is 111 Å². The van der Waals surface area contributed by atoms with Gasteiger partial charge in [-0.3, -0.25) is 0 Å². The van der Waals surface area contributed by atoms with E-state index in [9.17, 15) is 35.9 Å². The van der Waals surface area contributed by atoms with E-state index in [2.05, 4.69) is 16.0 Å². The van der Waals surface area contributed by atoms with E-state index in [1.54, 1.807) is 0 Å². The number of alkyl halides is 6. The first kappa shape index (κ1) is 24.3. The number of carbonyl (C=O) groups is 2. The third-order valence-electron chi connectivity index (χ3n) is 3.70. The van der Waals surface area contributed by atoms with Crippen LogP contribution >= 0.6 is 0 Å². The van der Waals surface area contributed by atoms with Crippen molar-refractivity contribution in [2.75, 3.05) is 13.1 Å². The highest BCUT2D eigenvalue weighted by atomic mass is 19.4. The van der Waals surface area contributed by atoms with Crippen LogP contribution in [0.3, 0.4) is 0 Å². The predicted octanol–water partition coefficient (Wildman–Crippen LogP) is 3.50. The number of hydrogen-bond donors (Lipinski definition) is 5. The molecule has 0 aliphatic heterocycles. The third kappa shape index (κ3) is 9.36. The Morgan fingerprint density at radius 3 is 1.93 bits per heavy atom. The normalized spacial score (nSPS) is 13.0. The quantitative estimate of drug-likeness (QED) is 0.304. The molecule has 1 aromatic rings. The van der Waals surface area contributed by atoms with Crippen molar-refractivity contribution >= 4 is 12.2 Å². The van der Waals surface area contributed by atoms with Gasteiger partial charge in [0.05, 0.1) is 11.1 Å². The summed E-state index contributed by atoms with van der Waals surface area (Å²) < 4.78 is 77.1. The molecule has 1 atom stereocenters. The van der Waals surface area contributed by atoms with Crippen molar-refractivity contribution in [2.24, 2.45) is 0 Å². The van der Waals surface area contributed by atoms with E-state index in [1.165, 1.54) is 0 Å². The Balaban J connectivity index is 2.77. The molecule has 164 valence electrons. The standard InChI is InChI=1S/C16H19F6N3O4/c17-15(18,19)10-4-9(5-11(6-10)16(20,21)22)7-23-8-12(25-14(28)29)2-1-3-24-13(26)27/h4-6,12,23-25H,1-3,7-8H2,(H,26,27)(H,28,29). The molecule has 0 spiro atoms. The van der Waals surface area contributed by atoms with Crippen LogP contribution in [0.1, 0.15) is 29.5 Å². The molecule has 0 heterocycles. The van der Waals surface area contributed by atoms with Gasteiger partial charge in [-0.05, 0) is 36.6 Å². The second kappa shape index (κ2) is 10.2. The fourth-order valence-electron chi connectivity index (χ4n) is 2.46. The largest absolute Gasteiger partial charge is 0.465 e. The first-order chi connectivity index (χ1) is 13.3. The van der Waals surface area contributed by atoms with Crippen LogP contribution in [0.5, 0.6) is 0 Å². The second-order valence-corrected chi connectivity index (χ2v) is 6.07. The molecule has 7 nitrogen and oxygen atoms in total. The molecule has 0 saturated carbocycles. The van der Waals surface area contributed by atoms with Gasteiger partial charge in [-0.2, -0.15) is 26.3 Å². The zero-order valence-corrected chi connectivity index (χ0v) is 14.8. The molecule has 0 aromatic heterocycles. The van der Waals surface area contributed by atoms with E-state index in [-0.39, 0.29) is 44.1 Å². The summed E-state index contributed by atoms with van der Waals surface area (Å²) in [5, 5.41) is 24.1. The minimum absolute atomic E-state index is 0.0216. The van der Waals surface area contributed by atoms with E-state index in [0.717, 1.165) is 0 Å². The van der Waals surface area contributed by atoms with Crippen LogP contribution in [0.25, 0.3) is 0 Å². The van der Waals surface area contributed by atoms with Crippen molar-refractivity contribution in [3.63, 3.8) is 0 Å². The molecule has 13 heteroatoms. The minimum Gasteiger partial charge on any atom is -0.465 e. The van der Waals surface area contributed by atoms with Crippen LogP contribution in [0.2, 0.25) is 0 Å². The number of halogens is 6. The Hall–Kier alpha value is -2.70. The Kier molecular flexibility index (Phi) is 8.55. The molecule has 0 fully saturated rings. The Morgan fingerprint density at radius 2 is 1.48 bits per heavy atom. The summed E-state index contributed by atoms with van der Waals surface area (Å²) in [4.78, 5) is 21.1. The van der Waals surface area contributed by atoms with Gasteiger partial charge in [-0.15, -0.1) is 0 Å². The van der Waals surface area contributed by atoms with Gasteiger partial charge in [0.15, 0.2) is 0 Å². The van der Waals surface area contributed by atoms with E-state index < -0.39 is 41.7 Å². The van der Waals surface area contributed by atoms with Crippen LogP contribution < -0.4 is 16.0 Å². The number of carboxylic acid groups (broad SMARTS) is 2. The lowest BCUT2D eigenvalue weighted by Gasteiger charge is -2.19. The van der Waals surface area contributed by atoms with E-state index in [1.807, 2.05) is 0 Å². The van der Waals surface area contributed by atoms with Gasteiger partial charge in [0.2, 0.25) is 0 Å². The second-order valence-electron chi connectivity index (χ2n) is 6.07. The average Bonchev–Trinajstić information content (AvgIpc) is 2.56. The lowest BCUT2D eigenvalue weighted by atomic mass is 10.0. The Morgan fingerprint density at radius 1 is 0.931 bits per heavy atom. The highest BCUT2D eigenvalue weighted by Crippen LogP contribution is 2.36. The minimum atomic E-state index is -4.96. The maximum Gasteiger partial charge on any atom is 0.416 e. The zero-order chi connectivity index (χ0) is 22.2. The molecule has 0 bridgehead atoms.